The second-order valence-corrected chi connectivity index (χ2v) is 9.53. The zero-order valence-electron chi connectivity index (χ0n) is 18.5. The molecular formula is C22H23FN6O3S. The van der Waals surface area contributed by atoms with E-state index in [1.165, 1.54) is 41.3 Å². The zero-order chi connectivity index (χ0) is 24.3. The average Bonchev–Trinajstić information content (AvgIpc) is 3.26. The first kappa shape index (κ1) is 23.9. The molecule has 0 saturated carbocycles. The van der Waals surface area contributed by atoms with Crippen LogP contribution in [-0.2, 0) is 10.0 Å². The van der Waals surface area contributed by atoms with Crippen molar-refractivity contribution in [2.45, 2.75) is 44.7 Å². The second-order valence-electron chi connectivity index (χ2n) is 7.90. The number of benzene rings is 1. The molecule has 2 amide bonds. The number of sulfonamides is 1. The summed E-state index contributed by atoms with van der Waals surface area (Å²) in [6.45, 7) is 7.29. The number of urea groups is 1. The highest BCUT2D eigenvalue weighted by Gasteiger charge is 2.24. The van der Waals surface area contributed by atoms with Crippen molar-refractivity contribution in [2.75, 3.05) is 5.32 Å². The van der Waals surface area contributed by atoms with Gasteiger partial charge in [0.15, 0.2) is 5.03 Å². The van der Waals surface area contributed by atoms with Gasteiger partial charge in [0.2, 0.25) is 0 Å². The number of nitrogens with zero attached hydrogens (tertiary/aromatic N) is 4. The molecule has 3 aromatic rings. The Morgan fingerprint density at radius 2 is 1.91 bits per heavy atom. The van der Waals surface area contributed by atoms with Crippen molar-refractivity contribution < 1.29 is 17.6 Å². The van der Waals surface area contributed by atoms with E-state index in [4.69, 9.17) is 5.26 Å². The molecule has 0 saturated heterocycles. The molecule has 0 fully saturated rings. The normalized spacial score (nSPS) is 11.5. The Labute approximate surface area is 191 Å². The highest BCUT2D eigenvalue weighted by molar-refractivity contribution is 7.90. The number of amides is 2. The van der Waals surface area contributed by atoms with E-state index in [2.05, 4.69) is 15.4 Å². The van der Waals surface area contributed by atoms with Gasteiger partial charge in [0.1, 0.15) is 17.6 Å². The highest BCUT2D eigenvalue weighted by atomic mass is 32.2. The minimum absolute atomic E-state index is 0.0585. The summed E-state index contributed by atoms with van der Waals surface area (Å²) in [5.74, 6) is -0.743. The van der Waals surface area contributed by atoms with Gasteiger partial charge in [-0.05, 0) is 61.2 Å². The van der Waals surface area contributed by atoms with E-state index >= 15 is 0 Å². The minimum atomic E-state index is -4.24. The number of hydrogen-bond donors (Lipinski definition) is 2. The maximum atomic E-state index is 14.4. The number of carbonyl (C=O) groups excluding carboxylic acids is 1. The summed E-state index contributed by atoms with van der Waals surface area (Å²) in [5, 5.41) is 15.4. The van der Waals surface area contributed by atoms with Gasteiger partial charge in [-0.1, -0.05) is 13.8 Å². The average molecular weight is 471 g/mol. The SMILES string of the molecule is CC(C)c1cc(F)cc(-c2ccnc(C#N)c2)c1NC(=O)NS(=O)(=O)c1ccn(C(C)C)n1. The van der Waals surface area contributed by atoms with Gasteiger partial charge >= 0.3 is 6.03 Å². The van der Waals surface area contributed by atoms with Crippen LogP contribution in [0.5, 0.6) is 0 Å². The van der Waals surface area contributed by atoms with E-state index in [1.54, 1.807) is 6.07 Å². The number of halogens is 1. The first-order valence-corrected chi connectivity index (χ1v) is 11.6. The number of rotatable bonds is 6. The van der Waals surface area contributed by atoms with E-state index in [0.717, 1.165) is 0 Å². The summed E-state index contributed by atoms with van der Waals surface area (Å²) < 4.78 is 43.1. The monoisotopic (exact) mass is 470 g/mol. The summed E-state index contributed by atoms with van der Waals surface area (Å²) in [5.41, 5.74) is 1.52. The number of nitriles is 1. The molecule has 0 aliphatic carbocycles. The molecule has 3 rings (SSSR count). The van der Waals surface area contributed by atoms with E-state index < -0.39 is 21.9 Å². The van der Waals surface area contributed by atoms with Crippen LogP contribution in [0.25, 0.3) is 11.1 Å². The molecule has 2 N–H and O–H groups in total. The molecule has 1 aromatic carbocycles. The molecule has 0 unspecified atom stereocenters. The van der Waals surface area contributed by atoms with Crippen LogP contribution in [0.1, 0.15) is 50.9 Å². The minimum Gasteiger partial charge on any atom is -0.306 e. The molecule has 0 radical (unpaired) electrons. The van der Waals surface area contributed by atoms with Crippen molar-refractivity contribution in [3.63, 3.8) is 0 Å². The van der Waals surface area contributed by atoms with Crippen LogP contribution in [0, 0.1) is 17.1 Å². The second kappa shape index (κ2) is 9.38. The van der Waals surface area contributed by atoms with E-state index in [-0.39, 0.29) is 33.9 Å². The zero-order valence-corrected chi connectivity index (χ0v) is 19.3. The third-order valence-electron chi connectivity index (χ3n) is 4.80. The molecule has 0 aliphatic rings. The first-order valence-electron chi connectivity index (χ1n) is 10.1. The van der Waals surface area contributed by atoms with Crippen LogP contribution in [0.3, 0.4) is 0 Å². The molecular weight excluding hydrogens is 447 g/mol. The van der Waals surface area contributed by atoms with Gasteiger partial charge in [0, 0.05) is 24.0 Å². The Balaban J connectivity index is 1.99. The number of pyridine rings is 1. The van der Waals surface area contributed by atoms with Crippen molar-refractivity contribution in [1.29, 1.82) is 5.26 Å². The number of hydrogen-bond acceptors (Lipinski definition) is 6. The van der Waals surface area contributed by atoms with Gasteiger partial charge in [-0.25, -0.2) is 18.9 Å². The molecule has 0 bridgehead atoms. The van der Waals surface area contributed by atoms with E-state index in [9.17, 15) is 17.6 Å². The molecule has 0 aliphatic heterocycles. The lowest BCUT2D eigenvalue weighted by atomic mass is 9.94. The van der Waals surface area contributed by atoms with Crippen molar-refractivity contribution >= 4 is 21.7 Å². The Kier molecular flexibility index (Phi) is 6.78. The summed E-state index contributed by atoms with van der Waals surface area (Å²) in [6, 6.07) is 7.62. The molecule has 2 heterocycles. The summed E-state index contributed by atoms with van der Waals surface area (Å²) in [7, 11) is -4.24. The third-order valence-corrected chi connectivity index (χ3v) is 6.02. The van der Waals surface area contributed by atoms with Crippen molar-refractivity contribution in [3.8, 4) is 17.2 Å². The Bertz CT molecular complexity index is 1340. The lowest BCUT2D eigenvalue weighted by Gasteiger charge is -2.19. The predicted octanol–water partition coefficient (Wildman–Crippen LogP) is 4.17. The van der Waals surface area contributed by atoms with Gasteiger partial charge in [-0.2, -0.15) is 18.8 Å². The molecule has 172 valence electrons. The van der Waals surface area contributed by atoms with Crippen molar-refractivity contribution in [1.82, 2.24) is 19.5 Å². The summed E-state index contributed by atoms with van der Waals surface area (Å²) in [6.07, 6.45) is 2.90. The first-order chi connectivity index (χ1) is 15.5. The highest BCUT2D eigenvalue weighted by Crippen LogP contribution is 2.36. The number of aromatic nitrogens is 3. The van der Waals surface area contributed by atoms with E-state index in [1.807, 2.05) is 38.5 Å². The van der Waals surface area contributed by atoms with Gasteiger partial charge < -0.3 is 5.32 Å². The van der Waals surface area contributed by atoms with Crippen LogP contribution < -0.4 is 10.0 Å². The maximum Gasteiger partial charge on any atom is 0.333 e. The molecule has 0 spiro atoms. The van der Waals surface area contributed by atoms with Crippen LogP contribution >= 0.6 is 0 Å². The van der Waals surface area contributed by atoms with Crippen molar-refractivity contribution in [2.24, 2.45) is 0 Å². The lowest BCUT2D eigenvalue weighted by molar-refractivity contribution is 0.256. The molecule has 2 aromatic heterocycles. The van der Waals surface area contributed by atoms with Crippen LogP contribution in [0.15, 0.2) is 47.8 Å². The molecule has 9 nitrogen and oxygen atoms in total. The predicted molar refractivity (Wildman–Crippen MR) is 120 cm³/mol. The van der Waals surface area contributed by atoms with Crippen LogP contribution in [0.4, 0.5) is 14.9 Å². The largest absolute Gasteiger partial charge is 0.333 e. The number of anilines is 1. The van der Waals surface area contributed by atoms with Gasteiger partial charge in [-0.15, -0.1) is 0 Å². The van der Waals surface area contributed by atoms with Gasteiger partial charge in [0.05, 0.1) is 5.69 Å². The molecule has 33 heavy (non-hydrogen) atoms. The van der Waals surface area contributed by atoms with Crippen LogP contribution in [-0.4, -0.2) is 29.2 Å². The summed E-state index contributed by atoms with van der Waals surface area (Å²) >= 11 is 0. The standard InChI is InChI=1S/C22H23FN6O3S/c1-13(2)18-10-16(23)11-19(15-5-7-25-17(9-15)12-24)21(18)26-22(30)28-33(31,32)20-6-8-29(27-20)14(3)4/h5-11,13-14H,1-4H3,(H2,26,28,30). The fourth-order valence-corrected chi connectivity index (χ4v) is 4.02. The molecule has 0 atom stereocenters. The summed E-state index contributed by atoms with van der Waals surface area (Å²) in [4.78, 5) is 16.6. The topological polar surface area (TPSA) is 130 Å². The Morgan fingerprint density at radius 1 is 1.18 bits per heavy atom. The smallest absolute Gasteiger partial charge is 0.306 e. The number of carbonyl (C=O) groups is 1. The third kappa shape index (κ3) is 5.35. The Hall–Kier alpha value is -3.78. The quantitative estimate of drug-likeness (QED) is 0.556. The lowest BCUT2D eigenvalue weighted by Crippen LogP contribution is -2.35. The maximum absolute atomic E-state index is 14.4. The van der Waals surface area contributed by atoms with Crippen molar-refractivity contribution in [3.05, 3.63) is 59.8 Å². The fourth-order valence-electron chi connectivity index (χ4n) is 3.17. The number of nitrogens with one attached hydrogen (secondary N) is 2. The molecule has 11 heteroatoms. The van der Waals surface area contributed by atoms with Gasteiger partial charge in [0.25, 0.3) is 10.0 Å². The fraction of sp³-hybridized carbons (Fsp3) is 0.273. The van der Waals surface area contributed by atoms with Gasteiger partial charge in [-0.3, -0.25) is 4.68 Å². The van der Waals surface area contributed by atoms with Crippen LogP contribution in [0.2, 0.25) is 0 Å². The van der Waals surface area contributed by atoms with E-state index in [0.29, 0.717) is 11.1 Å². The Morgan fingerprint density at radius 3 is 2.52 bits per heavy atom.